The van der Waals surface area contributed by atoms with E-state index in [1.165, 1.54) is 17.1 Å². The number of hydrogen-bond acceptors (Lipinski definition) is 4. The molecule has 1 aliphatic rings. The van der Waals surface area contributed by atoms with Gasteiger partial charge in [0.25, 0.3) is 5.91 Å². The van der Waals surface area contributed by atoms with E-state index in [2.05, 4.69) is 5.10 Å². The Morgan fingerprint density at radius 1 is 0.969 bits per heavy atom. The molecule has 1 heterocycles. The number of anilines is 1. The summed E-state index contributed by atoms with van der Waals surface area (Å²) in [5.41, 5.74) is 3.40. The van der Waals surface area contributed by atoms with Crippen molar-refractivity contribution in [1.29, 1.82) is 0 Å². The molecule has 0 aromatic heterocycles. The summed E-state index contributed by atoms with van der Waals surface area (Å²) in [5, 5.41) is 5.81. The lowest BCUT2D eigenvalue weighted by Crippen LogP contribution is -2.21. The van der Waals surface area contributed by atoms with Gasteiger partial charge in [0.05, 0.1) is 23.6 Å². The van der Waals surface area contributed by atoms with E-state index in [4.69, 9.17) is 9.47 Å². The summed E-state index contributed by atoms with van der Waals surface area (Å²) in [7, 11) is 0. The van der Waals surface area contributed by atoms with E-state index < -0.39 is 0 Å². The Hall–Kier alpha value is -3.93. The van der Waals surface area contributed by atoms with Gasteiger partial charge >= 0.3 is 0 Å². The van der Waals surface area contributed by atoms with E-state index in [-0.39, 0.29) is 18.3 Å². The van der Waals surface area contributed by atoms with Crippen LogP contribution >= 0.6 is 0 Å². The van der Waals surface area contributed by atoms with E-state index in [9.17, 15) is 9.18 Å². The highest BCUT2D eigenvalue weighted by Gasteiger charge is 2.28. The third kappa shape index (κ3) is 4.70. The molecule has 0 saturated heterocycles. The monoisotopic (exact) mass is 430 g/mol. The molecular weight excluding hydrogens is 407 g/mol. The minimum absolute atomic E-state index is 0.182. The molecular formula is C26H23FN2O3. The van der Waals surface area contributed by atoms with Gasteiger partial charge in [-0.1, -0.05) is 36.4 Å². The predicted octanol–water partition coefficient (Wildman–Crippen LogP) is 5.61. The minimum Gasteiger partial charge on any atom is -0.490 e. The van der Waals surface area contributed by atoms with E-state index in [0.717, 1.165) is 16.8 Å². The first-order chi connectivity index (χ1) is 15.5. The Balaban J connectivity index is 1.56. The molecule has 0 radical (unpaired) electrons. The lowest BCUT2D eigenvalue weighted by molar-refractivity contribution is -0.114. The number of nitrogens with zero attached hydrogens (tertiary/aromatic N) is 2. The molecule has 3 aromatic carbocycles. The van der Waals surface area contributed by atoms with Crippen LogP contribution < -0.4 is 14.5 Å². The molecule has 6 heteroatoms. The van der Waals surface area contributed by atoms with Crippen LogP contribution in [0.2, 0.25) is 0 Å². The molecule has 0 atom stereocenters. The summed E-state index contributed by atoms with van der Waals surface area (Å²) in [6, 6.07) is 21.1. The van der Waals surface area contributed by atoms with Crippen molar-refractivity contribution in [2.45, 2.75) is 20.5 Å². The predicted molar refractivity (Wildman–Crippen MR) is 123 cm³/mol. The minimum atomic E-state index is -0.305. The summed E-state index contributed by atoms with van der Waals surface area (Å²) in [4.78, 5) is 12.9. The van der Waals surface area contributed by atoms with Crippen molar-refractivity contribution < 1.29 is 18.7 Å². The van der Waals surface area contributed by atoms with Gasteiger partial charge in [0.15, 0.2) is 11.5 Å². The highest BCUT2D eigenvalue weighted by atomic mass is 19.1. The Labute approximate surface area is 186 Å². The molecule has 5 nitrogen and oxygen atoms in total. The van der Waals surface area contributed by atoms with Gasteiger partial charge in [-0.2, -0.15) is 10.1 Å². The van der Waals surface area contributed by atoms with Crippen LogP contribution in [0.15, 0.2) is 83.5 Å². The first-order valence-corrected chi connectivity index (χ1v) is 10.4. The second-order valence-corrected chi connectivity index (χ2v) is 7.25. The first kappa shape index (κ1) is 21.3. The molecule has 0 saturated carbocycles. The average Bonchev–Trinajstić information content (AvgIpc) is 3.08. The maximum Gasteiger partial charge on any atom is 0.280 e. The maximum absolute atomic E-state index is 13.4. The van der Waals surface area contributed by atoms with Crippen molar-refractivity contribution in [3.05, 3.63) is 95.3 Å². The normalized spacial score (nSPS) is 14.6. The lowest BCUT2D eigenvalue weighted by atomic mass is 10.1. The Kier molecular flexibility index (Phi) is 6.31. The van der Waals surface area contributed by atoms with Crippen LogP contribution in [0, 0.1) is 5.82 Å². The van der Waals surface area contributed by atoms with Crippen molar-refractivity contribution in [2.75, 3.05) is 11.6 Å². The Morgan fingerprint density at radius 2 is 1.78 bits per heavy atom. The van der Waals surface area contributed by atoms with Gasteiger partial charge in [-0.05, 0) is 67.4 Å². The third-order valence-electron chi connectivity index (χ3n) is 4.93. The molecule has 0 spiro atoms. The molecule has 162 valence electrons. The lowest BCUT2D eigenvalue weighted by Gasteiger charge is -2.13. The summed E-state index contributed by atoms with van der Waals surface area (Å²) >= 11 is 0. The SMILES string of the molecule is CCOc1cc(/C=C2\C(=O)N(c3ccccc3)N=C2C)ccc1OCc1cccc(F)c1. The van der Waals surface area contributed by atoms with Crippen LogP contribution in [0.4, 0.5) is 10.1 Å². The number of halogens is 1. The van der Waals surface area contributed by atoms with Crippen LogP contribution in [-0.2, 0) is 11.4 Å². The van der Waals surface area contributed by atoms with Crippen LogP contribution in [0.5, 0.6) is 11.5 Å². The molecule has 3 aromatic rings. The number of benzene rings is 3. The van der Waals surface area contributed by atoms with Crippen molar-refractivity contribution in [3.63, 3.8) is 0 Å². The van der Waals surface area contributed by atoms with Crippen molar-refractivity contribution in [2.24, 2.45) is 5.10 Å². The summed E-state index contributed by atoms with van der Waals surface area (Å²) in [5.74, 6) is 0.615. The number of hydrogen-bond donors (Lipinski definition) is 0. The van der Waals surface area contributed by atoms with E-state index in [1.807, 2.05) is 56.3 Å². The third-order valence-corrected chi connectivity index (χ3v) is 4.93. The molecule has 0 bridgehead atoms. The van der Waals surface area contributed by atoms with Crippen LogP contribution in [-0.4, -0.2) is 18.2 Å². The summed E-state index contributed by atoms with van der Waals surface area (Å²) in [6.45, 7) is 4.37. The average molecular weight is 430 g/mol. The van der Waals surface area contributed by atoms with Gasteiger partial charge in [0, 0.05) is 0 Å². The Morgan fingerprint density at radius 3 is 2.53 bits per heavy atom. The number of carbonyl (C=O) groups is 1. The van der Waals surface area contributed by atoms with Gasteiger partial charge < -0.3 is 9.47 Å². The fourth-order valence-electron chi connectivity index (χ4n) is 3.38. The zero-order valence-electron chi connectivity index (χ0n) is 17.9. The molecule has 1 amide bonds. The Bertz CT molecular complexity index is 1190. The van der Waals surface area contributed by atoms with Gasteiger partial charge in [0.2, 0.25) is 0 Å². The zero-order valence-corrected chi connectivity index (χ0v) is 17.9. The molecule has 4 rings (SSSR count). The van der Waals surface area contributed by atoms with Gasteiger partial charge in [0.1, 0.15) is 12.4 Å². The van der Waals surface area contributed by atoms with Crippen molar-refractivity contribution >= 4 is 23.4 Å². The second-order valence-electron chi connectivity index (χ2n) is 7.25. The van der Waals surface area contributed by atoms with E-state index in [1.54, 1.807) is 24.3 Å². The van der Waals surface area contributed by atoms with Crippen LogP contribution in [0.25, 0.3) is 6.08 Å². The zero-order chi connectivity index (χ0) is 22.5. The molecule has 1 aliphatic heterocycles. The molecule has 0 aliphatic carbocycles. The van der Waals surface area contributed by atoms with Gasteiger partial charge in [-0.3, -0.25) is 4.79 Å². The number of para-hydroxylation sites is 1. The van der Waals surface area contributed by atoms with Crippen LogP contribution in [0.1, 0.15) is 25.0 Å². The molecule has 32 heavy (non-hydrogen) atoms. The second kappa shape index (κ2) is 9.47. The van der Waals surface area contributed by atoms with Crippen LogP contribution in [0.3, 0.4) is 0 Å². The maximum atomic E-state index is 13.4. The number of ether oxygens (including phenoxy) is 2. The first-order valence-electron chi connectivity index (χ1n) is 10.4. The van der Waals surface area contributed by atoms with Gasteiger partial charge in [-0.25, -0.2) is 4.39 Å². The summed E-state index contributed by atoms with van der Waals surface area (Å²) in [6.07, 6.45) is 1.79. The fraction of sp³-hybridized carbons (Fsp3) is 0.154. The molecule has 0 unspecified atom stereocenters. The number of carbonyl (C=O) groups excluding carboxylic acids is 1. The van der Waals surface area contributed by atoms with Gasteiger partial charge in [-0.15, -0.1) is 0 Å². The number of amides is 1. The summed E-state index contributed by atoms with van der Waals surface area (Å²) < 4.78 is 25.0. The molecule has 0 fully saturated rings. The highest BCUT2D eigenvalue weighted by molar-refractivity contribution is 6.32. The quantitative estimate of drug-likeness (QED) is 0.458. The van der Waals surface area contributed by atoms with E-state index >= 15 is 0 Å². The smallest absolute Gasteiger partial charge is 0.280 e. The topological polar surface area (TPSA) is 51.1 Å². The number of rotatable bonds is 7. The molecule has 0 N–H and O–H groups in total. The fourth-order valence-corrected chi connectivity index (χ4v) is 3.38. The largest absolute Gasteiger partial charge is 0.490 e. The standard InChI is InChI=1S/C26H23FN2O3/c1-3-31-25-16-19(12-13-24(25)32-17-20-8-7-9-21(27)14-20)15-23-18(2)28-29(26(23)30)22-10-5-4-6-11-22/h4-16H,3,17H2,1-2H3/b23-15-. The highest BCUT2D eigenvalue weighted by Crippen LogP contribution is 2.31. The van der Waals surface area contributed by atoms with E-state index in [0.29, 0.717) is 29.4 Å². The van der Waals surface area contributed by atoms with Crippen molar-refractivity contribution in [3.8, 4) is 11.5 Å². The van der Waals surface area contributed by atoms with Crippen molar-refractivity contribution in [1.82, 2.24) is 0 Å². The number of hydrazone groups is 1.